The van der Waals surface area contributed by atoms with E-state index in [0.717, 1.165) is 48.6 Å². The molecule has 2 aliphatic rings. The summed E-state index contributed by atoms with van der Waals surface area (Å²) in [7, 11) is 1.17. The third-order valence-electron chi connectivity index (χ3n) is 8.03. The van der Waals surface area contributed by atoms with E-state index < -0.39 is 0 Å². The fraction of sp³-hybridized carbons (Fsp3) is 0.676. The summed E-state index contributed by atoms with van der Waals surface area (Å²) >= 11 is 0. The molecule has 8 nitrogen and oxygen atoms in total. The van der Waals surface area contributed by atoms with E-state index in [1.165, 1.54) is 32.8 Å². The quantitative estimate of drug-likeness (QED) is 0.238. The molecule has 0 saturated heterocycles. The normalized spacial score (nSPS) is 17.5. The van der Waals surface area contributed by atoms with Crippen molar-refractivity contribution in [3.05, 3.63) is 49.7 Å². The Morgan fingerprint density at radius 3 is 2.00 bits per heavy atom. The first-order valence-corrected chi connectivity index (χ1v) is 16.1. The zero-order valence-corrected chi connectivity index (χ0v) is 28.0. The summed E-state index contributed by atoms with van der Waals surface area (Å²) in [4.78, 5) is 21.8. The van der Waals surface area contributed by atoms with Gasteiger partial charge in [-0.1, -0.05) is 36.1 Å². The number of imidazole rings is 2. The van der Waals surface area contributed by atoms with Crippen molar-refractivity contribution in [2.45, 2.75) is 135 Å². The van der Waals surface area contributed by atoms with Gasteiger partial charge in [0.15, 0.2) is 11.6 Å². The van der Waals surface area contributed by atoms with Crippen LogP contribution in [0.3, 0.4) is 0 Å². The Labute approximate surface area is 282 Å². The van der Waals surface area contributed by atoms with Crippen molar-refractivity contribution >= 4 is 30.4 Å². The molecule has 2 aromatic rings. The second-order valence-corrected chi connectivity index (χ2v) is 13.3. The Bertz CT molecular complexity index is 1240. The van der Waals surface area contributed by atoms with Gasteiger partial charge in [-0.15, -0.1) is 0 Å². The molecular formula is C37H69BN5O3+3. The van der Waals surface area contributed by atoms with Crippen LogP contribution in [0.1, 0.15) is 116 Å². The second-order valence-electron chi connectivity index (χ2n) is 13.3. The van der Waals surface area contributed by atoms with Crippen molar-refractivity contribution in [3.8, 4) is 0 Å². The van der Waals surface area contributed by atoms with E-state index in [-0.39, 0.29) is 33.8 Å². The Balaban J connectivity index is 0. The van der Waals surface area contributed by atoms with Crippen molar-refractivity contribution in [1.29, 1.82) is 0 Å². The molecule has 0 radical (unpaired) electrons. The van der Waals surface area contributed by atoms with Gasteiger partial charge in [0, 0.05) is 0 Å². The maximum absolute atomic E-state index is 11.1. The molecular weight excluding hydrogens is 573 g/mol. The molecule has 260 valence electrons. The summed E-state index contributed by atoms with van der Waals surface area (Å²) in [5.74, 6) is 3.68. The van der Waals surface area contributed by atoms with Crippen LogP contribution >= 0.6 is 0 Å². The molecule has 4 rings (SSSR count). The molecule has 0 aromatic carbocycles. The van der Waals surface area contributed by atoms with Crippen LogP contribution in [0.2, 0.25) is 0 Å². The molecule has 2 atom stereocenters. The van der Waals surface area contributed by atoms with Crippen LogP contribution in [0.4, 0.5) is 0 Å². The number of hydrogen-bond donors (Lipinski definition) is 1. The Kier molecular flexibility index (Phi) is 22.8. The van der Waals surface area contributed by atoms with Crippen LogP contribution in [-0.4, -0.2) is 55.6 Å². The van der Waals surface area contributed by atoms with Crippen LogP contribution in [0.15, 0.2) is 49.7 Å². The number of hydrogen-bond acceptors (Lipinski definition) is 3. The molecule has 9 heteroatoms. The molecule has 1 aliphatic heterocycles. The van der Waals surface area contributed by atoms with Gasteiger partial charge in [0.2, 0.25) is 12.7 Å². The van der Waals surface area contributed by atoms with Crippen molar-refractivity contribution in [2.75, 3.05) is 6.54 Å². The van der Waals surface area contributed by atoms with Crippen molar-refractivity contribution < 1.29 is 28.3 Å². The Morgan fingerprint density at radius 2 is 1.54 bits per heavy atom. The molecule has 2 unspecified atom stereocenters. The number of carbonyl (C=O) groups is 2. The second kappa shape index (κ2) is 23.3. The fourth-order valence-corrected chi connectivity index (χ4v) is 5.36. The third kappa shape index (κ3) is 17.6. The number of nitrogens with zero attached hydrogens (tertiary/aromatic N) is 5. The number of aromatic nitrogens is 4. The first kappa shape index (κ1) is 45.0. The molecule has 0 amide bonds. The third-order valence-corrected chi connectivity index (χ3v) is 8.03. The van der Waals surface area contributed by atoms with Gasteiger partial charge in [0.05, 0.1) is 12.6 Å². The first-order valence-electron chi connectivity index (χ1n) is 16.1. The van der Waals surface area contributed by atoms with Crippen LogP contribution in [0.25, 0.3) is 0 Å². The maximum atomic E-state index is 11.1. The predicted octanol–water partition coefficient (Wildman–Crippen LogP) is 6.11. The van der Waals surface area contributed by atoms with E-state index in [9.17, 15) is 9.59 Å². The molecule has 2 aromatic heterocycles. The van der Waals surface area contributed by atoms with Crippen LogP contribution in [0, 0.1) is 23.7 Å². The zero-order chi connectivity index (χ0) is 31.9. The summed E-state index contributed by atoms with van der Waals surface area (Å²) in [5.41, 5.74) is 0.973. The van der Waals surface area contributed by atoms with Crippen LogP contribution in [0.5, 0.6) is 0 Å². The topological polar surface area (TPSA) is 75.0 Å². The summed E-state index contributed by atoms with van der Waals surface area (Å²) in [6, 6.07) is 0.457. The van der Waals surface area contributed by atoms with Crippen molar-refractivity contribution in [3.63, 3.8) is 0 Å². The van der Waals surface area contributed by atoms with E-state index in [4.69, 9.17) is 5.02 Å². The monoisotopic (exact) mass is 643 g/mol. The van der Waals surface area contributed by atoms with Crippen LogP contribution in [-0.2, 0) is 29.2 Å². The van der Waals surface area contributed by atoms with Crippen molar-refractivity contribution in [1.82, 2.24) is 9.13 Å². The molecule has 1 saturated carbocycles. The molecule has 3 heterocycles. The number of ketones is 2. The average molecular weight is 643 g/mol. The standard InChI is InChI=1S/C15H25N2O.C10H17BNO.C9H15N2O.3CH4/c1-12(2)15-5-4-14(8-15)10-17-7-6-16(11-17)9-13(3)18;1-9(2)3-6-12-7-4-10(11-13)5-8-12;1-8(2)11-5-4-10(7-11)6-9(3)12;;;/h6-7,11-12,14-15H,4-5,8-10H2,1-3H3;4,7-9,13H,3,5-6H2,1-2H3;4-5,7-8H,6H2,1-3H3;3*1H4/q3*+1;;;. The van der Waals surface area contributed by atoms with E-state index in [1.807, 2.05) is 46.3 Å². The van der Waals surface area contributed by atoms with Gasteiger partial charge >= 0.3 is 79.8 Å². The van der Waals surface area contributed by atoms with E-state index in [1.54, 1.807) is 13.8 Å². The summed E-state index contributed by atoms with van der Waals surface area (Å²) in [5, 5.41) is 8.74. The van der Waals surface area contributed by atoms with Crippen molar-refractivity contribution in [2.24, 2.45) is 23.7 Å². The minimum atomic E-state index is 0. The molecule has 1 N–H and O–H groups in total. The van der Waals surface area contributed by atoms with Gasteiger partial charge < -0.3 is 0 Å². The average Bonchev–Trinajstić information content (AvgIpc) is 3.70. The van der Waals surface area contributed by atoms with Crippen LogP contribution < -0.4 is 9.13 Å². The molecule has 0 bridgehead atoms. The number of allylic oxidation sites excluding steroid dienone is 1. The SMILES string of the molecule is C.C.C.CC(=O)C[n+]1ccn(C(C)C)c1.CC(=O)C[n+]1ccn(CC2CCC(C(C)C)C2)c1.CC(C)CC[N+]1=CCC(=BO)C=C1. The molecule has 0 spiro atoms. The first-order chi connectivity index (χ1) is 20.4. The van der Waals surface area contributed by atoms with Gasteiger partial charge in [-0.05, 0) is 64.7 Å². The Hall–Kier alpha value is -3.10. The number of Topliss-reactive ketones (excluding diaryl/α,β-unsaturated/α-hetero) is 2. The Morgan fingerprint density at radius 1 is 0.935 bits per heavy atom. The predicted molar refractivity (Wildman–Crippen MR) is 194 cm³/mol. The molecule has 1 fully saturated rings. The van der Waals surface area contributed by atoms with E-state index in [0.29, 0.717) is 19.1 Å². The van der Waals surface area contributed by atoms with Gasteiger partial charge in [-0.25, -0.2) is 18.3 Å². The van der Waals surface area contributed by atoms with Gasteiger partial charge in [-0.2, -0.15) is 0 Å². The fourth-order valence-electron chi connectivity index (χ4n) is 5.36. The number of rotatable bonds is 11. The number of carbonyl (C=O) groups excluding carboxylic acids is 2. The molecule has 46 heavy (non-hydrogen) atoms. The minimum absolute atomic E-state index is 0. The summed E-state index contributed by atoms with van der Waals surface area (Å²) in [6.07, 6.45) is 24.2. The van der Waals surface area contributed by atoms with Gasteiger partial charge in [-0.3, -0.25) is 9.59 Å². The van der Waals surface area contributed by atoms with Gasteiger partial charge in [0.25, 0.3) is 0 Å². The van der Waals surface area contributed by atoms with E-state index >= 15 is 0 Å². The zero-order valence-electron chi connectivity index (χ0n) is 28.0. The summed E-state index contributed by atoms with van der Waals surface area (Å²) in [6.45, 7) is 19.7. The van der Waals surface area contributed by atoms with E-state index in [2.05, 4.69) is 74.0 Å². The van der Waals surface area contributed by atoms with Gasteiger partial charge in [0.1, 0.15) is 37.9 Å². The summed E-state index contributed by atoms with van der Waals surface area (Å²) < 4.78 is 10.4. The molecule has 1 aliphatic carbocycles.